The fraction of sp³-hybridized carbons (Fsp3) is 0.519. The molecule has 2 aromatic carbocycles. The van der Waals surface area contributed by atoms with Crippen LogP contribution in [0.4, 0.5) is 0 Å². The van der Waals surface area contributed by atoms with Gasteiger partial charge in [-0.2, -0.15) is 0 Å². The molecule has 1 saturated heterocycles. The first-order chi connectivity index (χ1) is 17.1. The summed E-state index contributed by atoms with van der Waals surface area (Å²) in [5.41, 5.74) is 4.27. The van der Waals surface area contributed by atoms with Crippen LogP contribution in [0, 0.1) is 0 Å². The van der Waals surface area contributed by atoms with Crippen LogP contribution in [0.15, 0.2) is 42.5 Å². The molecular formula is C27H35N3O5. The van der Waals surface area contributed by atoms with Gasteiger partial charge in [-0.1, -0.05) is 30.3 Å². The van der Waals surface area contributed by atoms with Crippen molar-refractivity contribution >= 4 is 5.91 Å². The topological polar surface area (TPSA) is 85.7 Å². The van der Waals surface area contributed by atoms with Crippen LogP contribution in [0.3, 0.4) is 0 Å². The van der Waals surface area contributed by atoms with Gasteiger partial charge in [-0.3, -0.25) is 14.6 Å². The minimum Gasteiger partial charge on any atom is -0.491 e. The molecule has 1 amide bonds. The van der Waals surface area contributed by atoms with Crippen molar-refractivity contribution in [3.8, 4) is 5.75 Å². The van der Waals surface area contributed by atoms with Gasteiger partial charge in [0.15, 0.2) is 0 Å². The summed E-state index contributed by atoms with van der Waals surface area (Å²) in [5.74, 6) is 0.484. The fourth-order valence-electron chi connectivity index (χ4n) is 5.29. The third-order valence-corrected chi connectivity index (χ3v) is 7.24. The predicted molar refractivity (Wildman–Crippen MR) is 131 cm³/mol. The Labute approximate surface area is 206 Å². The Morgan fingerprint density at radius 3 is 2.74 bits per heavy atom. The molecule has 0 saturated carbocycles. The van der Waals surface area contributed by atoms with Gasteiger partial charge >= 0.3 is 0 Å². The number of ether oxygens (including phenoxy) is 2. The van der Waals surface area contributed by atoms with Crippen molar-refractivity contribution in [1.82, 2.24) is 14.7 Å². The second kappa shape index (κ2) is 11.1. The molecule has 8 nitrogen and oxygen atoms in total. The number of carbonyl (C=O) groups excluding carboxylic acids is 1. The molecule has 8 heteroatoms. The molecule has 0 spiro atoms. The summed E-state index contributed by atoms with van der Waals surface area (Å²) in [6, 6.07) is 14.2. The molecule has 0 radical (unpaired) electrons. The Hall–Kier alpha value is -2.49. The third-order valence-electron chi connectivity index (χ3n) is 7.24. The number of hydrogen-bond acceptors (Lipinski definition) is 7. The fourth-order valence-corrected chi connectivity index (χ4v) is 5.29. The second-order valence-electron chi connectivity index (χ2n) is 9.72. The van der Waals surface area contributed by atoms with Gasteiger partial charge in [0.05, 0.1) is 44.1 Å². The lowest BCUT2D eigenvalue weighted by Gasteiger charge is -2.34. The SMILES string of the molecule is O=C1c2ccc(CN3CCOCC3CO)cc2OCCN1CC(O)CN1CCc2ccccc2C1. The number of hydrogen-bond donors (Lipinski definition) is 2. The van der Waals surface area contributed by atoms with E-state index >= 15 is 0 Å². The van der Waals surface area contributed by atoms with Gasteiger partial charge in [0.1, 0.15) is 12.4 Å². The summed E-state index contributed by atoms with van der Waals surface area (Å²) >= 11 is 0. The minimum atomic E-state index is -0.623. The Bertz CT molecular complexity index is 1030. The van der Waals surface area contributed by atoms with E-state index in [1.807, 2.05) is 18.2 Å². The molecule has 0 bridgehead atoms. The Kier molecular flexibility index (Phi) is 7.65. The van der Waals surface area contributed by atoms with Gasteiger partial charge in [-0.25, -0.2) is 0 Å². The number of aliphatic hydroxyl groups is 2. The predicted octanol–water partition coefficient (Wildman–Crippen LogP) is 1.13. The molecule has 2 atom stereocenters. The highest BCUT2D eigenvalue weighted by Gasteiger charge is 2.28. The standard InChI is InChI=1S/C27H35N3O5/c31-18-23-19-34-11-9-29(23)14-20-5-6-25-26(13-20)35-12-10-30(27(25)33)17-24(32)16-28-8-7-21-3-1-2-4-22(21)15-28/h1-6,13,23-24,31-32H,7-12,14-19H2. The van der Waals surface area contributed by atoms with Gasteiger partial charge in [0.25, 0.3) is 5.91 Å². The van der Waals surface area contributed by atoms with Gasteiger partial charge in [0, 0.05) is 39.3 Å². The molecule has 0 aliphatic carbocycles. The van der Waals surface area contributed by atoms with Crippen LogP contribution in [-0.4, -0.2) is 102 Å². The number of rotatable bonds is 7. The maximum Gasteiger partial charge on any atom is 0.257 e. The summed E-state index contributed by atoms with van der Waals surface area (Å²) in [5, 5.41) is 20.5. The summed E-state index contributed by atoms with van der Waals surface area (Å²) in [6.45, 7) is 6.06. The van der Waals surface area contributed by atoms with E-state index in [9.17, 15) is 15.0 Å². The second-order valence-corrected chi connectivity index (χ2v) is 9.72. The van der Waals surface area contributed by atoms with Crippen molar-refractivity contribution in [1.29, 1.82) is 0 Å². The molecule has 1 fully saturated rings. The zero-order chi connectivity index (χ0) is 24.2. The lowest BCUT2D eigenvalue weighted by Crippen LogP contribution is -2.46. The zero-order valence-corrected chi connectivity index (χ0v) is 20.1. The first-order valence-corrected chi connectivity index (χ1v) is 12.6. The molecule has 2 aromatic rings. The van der Waals surface area contributed by atoms with Gasteiger partial charge in [0.2, 0.25) is 0 Å². The molecule has 3 heterocycles. The average molecular weight is 482 g/mol. The molecule has 2 N–H and O–H groups in total. The lowest BCUT2D eigenvalue weighted by molar-refractivity contribution is -0.0312. The number of benzene rings is 2. The first kappa shape index (κ1) is 24.2. The highest BCUT2D eigenvalue weighted by molar-refractivity contribution is 5.97. The number of morpholine rings is 1. The summed E-state index contributed by atoms with van der Waals surface area (Å²) in [7, 11) is 0. The molecule has 35 heavy (non-hydrogen) atoms. The van der Waals surface area contributed by atoms with Crippen molar-refractivity contribution in [3.63, 3.8) is 0 Å². The van der Waals surface area contributed by atoms with E-state index in [0.717, 1.165) is 31.6 Å². The van der Waals surface area contributed by atoms with E-state index in [4.69, 9.17) is 9.47 Å². The molecule has 188 valence electrons. The largest absolute Gasteiger partial charge is 0.491 e. The molecule has 0 aromatic heterocycles. The van der Waals surface area contributed by atoms with Gasteiger partial charge in [-0.15, -0.1) is 0 Å². The minimum absolute atomic E-state index is 0.0181. The number of aliphatic hydroxyl groups excluding tert-OH is 2. The number of fused-ring (bicyclic) bond motifs is 2. The molecular weight excluding hydrogens is 446 g/mol. The van der Waals surface area contributed by atoms with E-state index in [2.05, 4.69) is 34.1 Å². The van der Waals surface area contributed by atoms with Crippen molar-refractivity contribution in [2.24, 2.45) is 0 Å². The lowest BCUT2D eigenvalue weighted by atomic mass is 10.00. The van der Waals surface area contributed by atoms with Crippen LogP contribution < -0.4 is 4.74 Å². The number of nitrogens with zero attached hydrogens (tertiary/aromatic N) is 3. The molecule has 3 aliphatic rings. The maximum atomic E-state index is 13.3. The average Bonchev–Trinajstić information content (AvgIpc) is 3.02. The van der Waals surface area contributed by atoms with E-state index in [1.165, 1.54) is 11.1 Å². The zero-order valence-electron chi connectivity index (χ0n) is 20.1. The van der Waals surface area contributed by atoms with Crippen molar-refractivity contribution in [3.05, 3.63) is 64.7 Å². The van der Waals surface area contributed by atoms with Crippen LogP contribution >= 0.6 is 0 Å². The molecule has 3 aliphatic heterocycles. The van der Waals surface area contributed by atoms with E-state index < -0.39 is 6.10 Å². The summed E-state index contributed by atoms with van der Waals surface area (Å²) < 4.78 is 11.4. The molecule has 5 rings (SSSR count). The maximum absolute atomic E-state index is 13.3. The Balaban J connectivity index is 1.20. The smallest absolute Gasteiger partial charge is 0.257 e. The monoisotopic (exact) mass is 481 g/mol. The van der Waals surface area contributed by atoms with Crippen LogP contribution in [0.2, 0.25) is 0 Å². The van der Waals surface area contributed by atoms with Crippen molar-refractivity contribution in [2.75, 3.05) is 59.2 Å². The first-order valence-electron chi connectivity index (χ1n) is 12.6. The number of carbonyl (C=O) groups is 1. The molecule has 2 unspecified atom stereocenters. The Morgan fingerprint density at radius 1 is 1.03 bits per heavy atom. The van der Waals surface area contributed by atoms with E-state index in [-0.39, 0.29) is 25.1 Å². The van der Waals surface area contributed by atoms with Gasteiger partial charge < -0.3 is 24.6 Å². The summed E-state index contributed by atoms with van der Waals surface area (Å²) in [6.07, 6.45) is 0.361. The van der Waals surface area contributed by atoms with E-state index in [0.29, 0.717) is 50.8 Å². The quantitative estimate of drug-likeness (QED) is 0.613. The highest BCUT2D eigenvalue weighted by atomic mass is 16.5. The highest BCUT2D eigenvalue weighted by Crippen LogP contribution is 2.26. The van der Waals surface area contributed by atoms with Crippen LogP contribution in [0.1, 0.15) is 27.0 Å². The van der Waals surface area contributed by atoms with Crippen LogP contribution in [0.5, 0.6) is 5.75 Å². The van der Waals surface area contributed by atoms with Crippen LogP contribution in [0.25, 0.3) is 0 Å². The summed E-state index contributed by atoms with van der Waals surface area (Å²) in [4.78, 5) is 19.5. The van der Waals surface area contributed by atoms with Crippen molar-refractivity contribution in [2.45, 2.75) is 31.7 Å². The Morgan fingerprint density at radius 2 is 1.89 bits per heavy atom. The number of β-amino-alcohol motifs (C(OH)–C–C–N with tert-alkyl or cyclic N) is 1. The normalized spacial score (nSPS) is 22.2. The van der Waals surface area contributed by atoms with Gasteiger partial charge in [-0.05, 0) is 35.2 Å². The van der Waals surface area contributed by atoms with E-state index in [1.54, 1.807) is 4.90 Å². The third kappa shape index (κ3) is 5.68. The number of amides is 1. The van der Waals surface area contributed by atoms with Crippen LogP contribution in [-0.2, 0) is 24.2 Å². The van der Waals surface area contributed by atoms with Crippen molar-refractivity contribution < 1.29 is 24.5 Å².